The molecule has 2 atom stereocenters. The molecule has 4 N–H and O–H groups in total. The molecule has 0 aliphatic carbocycles. The molecule has 1 saturated heterocycles. The molecule has 2 aromatic rings. The van der Waals surface area contributed by atoms with Crippen LogP contribution in [-0.4, -0.2) is 49.5 Å². The van der Waals surface area contributed by atoms with Gasteiger partial charge in [-0.2, -0.15) is 0 Å². The first-order valence-corrected chi connectivity index (χ1v) is 11.6. The molecule has 1 aliphatic heterocycles. The highest BCUT2D eigenvalue weighted by atomic mass is 16.5. The summed E-state index contributed by atoms with van der Waals surface area (Å²) in [7, 11) is 0. The van der Waals surface area contributed by atoms with Crippen molar-refractivity contribution < 1.29 is 14.3 Å². The number of nitrogens with one attached hydrogen (secondary N) is 3. The molecule has 32 heavy (non-hydrogen) atoms. The van der Waals surface area contributed by atoms with E-state index in [-0.39, 0.29) is 18.1 Å². The van der Waals surface area contributed by atoms with Crippen LogP contribution in [0, 0.1) is 6.92 Å². The van der Waals surface area contributed by atoms with Gasteiger partial charge in [0.05, 0.1) is 6.54 Å². The third-order valence-electron chi connectivity index (χ3n) is 6.03. The van der Waals surface area contributed by atoms with Crippen LogP contribution in [0.15, 0.2) is 51.9 Å². The Morgan fingerprint density at radius 3 is 2.50 bits per heavy atom. The number of furan rings is 1. The molecule has 0 spiro atoms. The van der Waals surface area contributed by atoms with Crippen molar-refractivity contribution in [2.75, 3.05) is 32.8 Å². The standard InChI is InChI=1S/C25H38N4O3/c1-5-26-23(27-17-24(4,30)22-12-11-19(2)32-22)28-18-25(13-15-31-16-14-25)29-20(3)21-9-7-6-8-10-21/h6-12,20,29-30H,5,13-18H2,1-4H3,(H2,26,27,28). The van der Waals surface area contributed by atoms with E-state index in [0.29, 0.717) is 18.3 Å². The van der Waals surface area contributed by atoms with Gasteiger partial charge in [-0.1, -0.05) is 30.3 Å². The van der Waals surface area contributed by atoms with E-state index >= 15 is 0 Å². The first kappa shape index (κ1) is 24.3. The Labute approximate surface area is 191 Å². The van der Waals surface area contributed by atoms with Gasteiger partial charge in [0.15, 0.2) is 5.96 Å². The number of benzene rings is 1. The largest absolute Gasteiger partial charge is 0.463 e. The van der Waals surface area contributed by atoms with E-state index in [0.717, 1.165) is 38.4 Å². The topological polar surface area (TPSA) is 91.1 Å². The second kappa shape index (κ2) is 11.0. The molecule has 2 heterocycles. The monoisotopic (exact) mass is 442 g/mol. The summed E-state index contributed by atoms with van der Waals surface area (Å²) in [6, 6.07) is 14.4. The van der Waals surface area contributed by atoms with E-state index in [1.165, 1.54) is 5.56 Å². The van der Waals surface area contributed by atoms with Crippen molar-refractivity contribution in [1.82, 2.24) is 16.0 Å². The van der Waals surface area contributed by atoms with Crippen molar-refractivity contribution in [2.24, 2.45) is 4.99 Å². The molecular formula is C25H38N4O3. The third-order valence-corrected chi connectivity index (χ3v) is 6.03. The molecule has 7 heteroatoms. The van der Waals surface area contributed by atoms with Crippen molar-refractivity contribution in [3.8, 4) is 0 Å². The van der Waals surface area contributed by atoms with Crippen molar-refractivity contribution in [1.29, 1.82) is 0 Å². The lowest BCUT2D eigenvalue weighted by Crippen LogP contribution is -2.58. The third kappa shape index (κ3) is 6.58. The normalized spacial score (nSPS) is 19.2. The van der Waals surface area contributed by atoms with Crippen LogP contribution in [-0.2, 0) is 10.3 Å². The number of aliphatic imine (C=N–C) groups is 1. The number of hydrogen-bond acceptors (Lipinski definition) is 5. The summed E-state index contributed by atoms with van der Waals surface area (Å²) in [6.45, 7) is 10.9. The van der Waals surface area contributed by atoms with Crippen molar-refractivity contribution in [3.05, 3.63) is 59.5 Å². The Bertz CT molecular complexity index is 857. The first-order valence-electron chi connectivity index (χ1n) is 11.6. The second-order valence-corrected chi connectivity index (χ2v) is 8.90. The van der Waals surface area contributed by atoms with Crippen molar-refractivity contribution >= 4 is 5.96 Å². The molecule has 1 aromatic carbocycles. The van der Waals surface area contributed by atoms with E-state index in [2.05, 4.69) is 52.1 Å². The van der Waals surface area contributed by atoms with Gasteiger partial charge in [0.2, 0.25) is 0 Å². The van der Waals surface area contributed by atoms with Gasteiger partial charge in [-0.15, -0.1) is 0 Å². The van der Waals surface area contributed by atoms with Crippen LogP contribution in [0.5, 0.6) is 0 Å². The average molecular weight is 443 g/mol. The van der Waals surface area contributed by atoms with Crippen molar-refractivity contribution in [2.45, 2.75) is 57.7 Å². The second-order valence-electron chi connectivity index (χ2n) is 8.90. The fourth-order valence-electron chi connectivity index (χ4n) is 4.05. The van der Waals surface area contributed by atoms with Gasteiger partial charge >= 0.3 is 0 Å². The van der Waals surface area contributed by atoms with Gasteiger partial charge in [-0.05, 0) is 58.2 Å². The van der Waals surface area contributed by atoms with E-state index in [1.54, 1.807) is 13.0 Å². The summed E-state index contributed by atoms with van der Waals surface area (Å²) >= 11 is 0. The Balaban J connectivity index is 1.68. The maximum absolute atomic E-state index is 10.8. The smallest absolute Gasteiger partial charge is 0.191 e. The lowest BCUT2D eigenvalue weighted by molar-refractivity contribution is 0.0353. The fraction of sp³-hybridized carbons (Fsp3) is 0.560. The van der Waals surface area contributed by atoms with Crippen molar-refractivity contribution in [3.63, 3.8) is 0 Å². The highest BCUT2D eigenvalue weighted by Crippen LogP contribution is 2.25. The minimum Gasteiger partial charge on any atom is -0.463 e. The molecule has 1 aromatic heterocycles. The van der Waals surface area contributed by atoms with Gasteiger partial charge in [0, 0.05) is 37.9 Å². The van der Waals surface area contributed by atoms with Crippen LogP contribution in [0.3, 0.4) is 0 Å². The predicted octanol–water partition coefficient (Wildman–Crippen LogP) is 3.25. The van der Waals surface area contributed by atoms with E-state index in [4.69, 9.17) is 9.15 Å². The van der Waals surface area contributed by atoms with Gasteiger partial charge in [0.1, 0.15) is 17.1 Å². The number of aliphatic hydroxyl groups is 1. The number of rotatable bonds is 9. The minimum atomic E-state index is -1.17. The van der Waals surface area contributed by atoms with Crippen LogP contribution < -0.4 is 16.0 Å². The molecule has 0 bridgehead atoms. The maximum Gasteiger partial charge on any atom is 0.191 e. The predicted molar refractivity (Wildman–Crippen MR) is 128 cm³/mol. The lowest BCUT2D eigenvalue weighted by atomic mass is 9.88. The zero-order valence-electron chi connectivity index (χ0n) is 19.8. The number of guanidine groups is 1. The Kier molecular flexibility index (Phi) is 8.34. The molecule has 0 radical (unpaired) electrons. The summed E-state index contributed by atoms with van der Waals surface area (Å²) in [5.74, 6) is 1.97. The Hall–Kier alpha value is -2.35. The maximum atomic E-state index is 10.8. The van der Waals surface area contributed by atoms with Crippen LogP contribution in [0.1, 0.15) is 56.7 Å². The van der Waals surface area contributed by atoms with Crippen LogP contribution in [0.25, 0.3) is 0 Å². The number of hydrogen-bond donors (Lipinski definition) is 4. The molecule has 2 unspecified atom stereocenters. The summed E-state index contributed by atoms with van der Waals surface area (Å²) in [6.07, 6.45) is 1.83. The summed E-state index contributed by atoms with van der Waals surface area (Å²) in [4.78, 5) is 4.65. The van der Waals surface area contributed by atoms with Crippen LogP contribution in [0.2, 0.25) is 0 Å². The molecule has 1 fully saturated rings. The highest BCUT2D eigenvalue weighted by molar-refractivity contribution is 5.79. The zero-order chi connectivity index (χ0) is 23.0. The molecule has 3 rings (SSSR count). The van der Waals surface area contributed by atoms with E-state index in [1.807, 2.05) is 26.0 Å². The fourth-order valence-corrected chi connectivity index (χ4v) is 4.05. The average Bonchev–Trinajstić information content (AvgIpc) is 3.24. The summed E-state index contributed by atoms with van der Waals surface area (Å²) < 4.78 is 11.3. The van der Waals surface area contributed by atoms with Crippen LogP contribution in [0.4, 0.5) is 0 Å². The molecule has 7 nitrogen and oxygen atoms in total. The Morgan fingerprint density at radius 1 is 1.16 bits per heavy atom. The molecule has 176 valence electrons. The highest BCUT2D eigenvalue weighted by Gasteiger charge is 2.34. The SMILES string of the molecule is CCNC(=NCC(C)(O)c1ccc(C)o1)NCC1(NC(C)c2ccccc2)CCOCC1. The minimum absolute atomic E-state index is 0.107. The molecule has 0 amide bonds. The summed E-state index contributed by atoms with van der Waals surface area (Å²) in [5.41, 5.74) is -0.0130. The quantitative estimate of drug-likeness (QED) is 0.352. The number of nitrogens with zero attached hydrogens (tertiary/aromatic N) is 1. The number of ether oxygens (including phenoxy) is 1. The molecular weight excluding hydrogens is 404 g/mol. The zero-order valence-corrected chi connectivity index (χ0v) is 19.8. The summed E-state index contributed by atoms with van der Waals surface area (Å²) in [5, 5.41) is 21.5. The Morgan fingerprint density at radius 2 is 1.88 bits per heavy atom. The van der Waals surface area contributed by atoms with E-state index < -0.39 is 5.60 Å². The van der Waals surface area contributed by atoms with Crippen LogP contribution >= 0.6 is 0 Å². The van der Waals surface area contributed by atoms with Gasteiger partial charge < -0.3 is 30.2 Å². The molecule has 1 aliphatic rings. The van der Waals surface area contributed by atoms with Gasteiger partial charge in [0.25, 0.3) is 0 Å². The lowest BCUT2D eigenvalue weighted by Gasteiger charge is -2.41. The van der Waals surface area contributed by atoms with E-state index in [9.17, 15) is 5.11 Å². The number of aryl methyl sites for hydroxylation is 1. The molecule has 0 saturated carbocycles. The van der Waals surface area contributed by atoms with Gasteiger partial charge in [-0.25, -0.2) is 4.99 Å². The first-order chi connectivity index (χ1) is 15.3. The van der Waals surface area contributed by atoms with Gasteiger partial charge in [-0.3, -0.25) is 0 Å².